The molecule has 0 saturated carbocycles. The fourth-order valence-corrected chi connectivity index (χ4v) is 3.89. The van der Waals surface area contributed by atoms with E-state index < -0.39 is 10.0 Å². The highest BCUT2D eigenvalue weighted by Gasteiger charge is 2.22. The molecule has 2 N–H and O–H groups in total. The zero-order valence-electron chi connectivity index (χ0n) is 14.4. The van der Waals surface area contributed by atoms with E-state index in [1.807, 2.05) is 12.1 Å². The molecule has 25 heavy (non-hydrogen) atoms. The highest BCUT2D eigenvalue weighted by molar-refractivity contribution is 7.92. The SMILES string of the molecule is Cc1cc(C(=O)N[C@@H]2CCCc3ccccc32)ccc1NS(C)(=O)=O. The van der Waals surface area contributed by atoms with Crippen LogP contribution in [-0.2, 0) is 16.4 Å². The number of hydrogen-bond acceptors (Lipinski definition) is 3. The van der Waals surface area contributed by atoms with E-state index in [0.717, 1.165) is 25.5 Å². The minimum Gasteiger partial charge on any atom is -0.345 e. The first-order chi connectivity index (χ1) is 11.8. The van der Waals surface area contributed by atoms with Crippen molar-refractivity contribution in [1.29, 1.82) is 0 Å². The first kappa shape index (κ1) is 17.5. The fraction of sp³-hybridized carbons (Fsp3) is 0.316. The quantitative estimate of drug-likeness (QED) is 0.881. The lowest BCUT2D eigenvalue weighted by Gasteiger charge is -2.26. The van der Waals surface area contributed by atoms with Gasteiger partial charge >= 0.3 is 0 Å². The van der Waals surface area contributed by atoms with Crippen LogP contribution in [0.4, 0.5) is 5.69 Å². The average molecular weight is 358 g/mol. The Morgan fingerprint density at radius 1 is 1.16 bits per heavy atom. The van der Waals surface area contributed by atoms with Crippen molar-refractivity contribution in [2.24, 2.45) is 0 Å². The van der Waals surface area contributed by atoms with Crippen LogP contribution in [0.3, 0.4) is 0 Å². The summed E-state index contributed by atoms with van der Waals surface area (Å²) in [6, 6.07) is 13.2. The number of sulfonamides is 1. The second-order valence-electron chi connectivity index (χ2n) is 6.52. The minimum atomic E-state index is -3.34. The molecule has 0 heterocycles. The first-order valence-electron chi connectivity index (χ1n) is 8.30. The fourth-order valence-electron chi connectivity index (χ4n) is 3.26. The van der Waals surface area contributed by atoms with Crippen molar-refractivity contribution in [2.75, 3.05) is 11.0 Å². The van der Waals surface area contributed by atoms with Gasteiger partial charge in [-0.25, -0.2) is 8.42 Å². The van der Waals surface area contributed by atoms with Crippen LogP contribution in [0.15, 0.2) is 42.5 Å². The normalized spacial score (nSPS) is 16.8. The van der Waals surface area contributed by atoms with Crippen LogP contribution >= 0.6 is 0 Å². The summed E-state index contributed by atoms with van der Waals surface area (Å²) in [5.41, 5.74) is 4.21. The molecule has 1 amide bonds. The van der Waals surface area contributed by atoms with Crippen LogP contribution in [0.1, 0.15) is 45.9 Å². The summed E-state index contributed by atoms with van der Waals surface area (Å²) in [5.74, 6) is -0.143. The van der Waals surface area contributed by atoms with Gasteiger partial charge in [0.1, 0.15) is 0 Å². The number of aryl methyl sites for hydroxylation is 2. The lowest BCUT2D eigenvalue weighted by molar-refractivity contribution is 0.0932. The maximum absolute atomic E-state index is 12.6. The molecule has 0 aliphatic heterocycles. The minimum absolute atomic E-state index is 0.0200. The van der Waals surface area contributed by atoms with Gasteiger partial charge in [-0.05, 0) is 61.1 Å². The number of benzene rings is 2. The molecule has 0 unspecified atom stereocenters. The number of rotatable bonds is 4. The van der Waals surface area contributed by atoms with Crippen LogP contribution in [0, 0.1) is 6.92 Å². The highest BCUT2D eigenvalue weighted by Crippen LogP contribution is 2.29. The number of hydrogen-bond donors (Lipinski definition) is 2. The van der Waals surface area contributed by atoms with Crippen molar-refractivity contribution in [3.05, 3.63) is 64.7 Å². The Morgan fingerprint density at radius 3 is 2.64 bits per heavy atom. The molecular weight excluding hydrogens is 336 g/mol. The molecule has 2 aromatic rings. The Hall–Kier alpha value is -2.34. The van der Waals surface area contributed by atoms with Gasteiger partial charge in [0, 0.05) is 5.56 Å². The molecule has 5 nitrogen and oxygen atoms in total. The van der Waals surface area contributed by atoms with Crippen LogP contribution in [0.2, 0.25) is 0 Å². The second-order valence-corrected chi connectivity index (χ2v) is 8.27. The van der Waals surface area contributed by atoms with Crippen molar-refractivity contribution >= 4 is 21.6 Å². The Labute approximate surface area is 148 Å². The summed E-state index contributed by atoms with van der Waals surface area (Å²) in [7, 11) is -3.34. The third kappa shape index (κ3) is 4.20. The molecule has 1 atom stereocenters. The Morgan fingerprint density at radius 2 is 1.92 bits per heavy atom. The molecule has 0 spiro atoms. The van der Waals surface area contributed by atoms with Crippen molar-refractivity contribution < 1.29 is 13.2 Å². The predicted molar refractivity (Wildman–Crippen MR) is 99.2 cm³/mol. The molecule has 1 aliphatic rings. The molecule has 132 valence electrons. The molecule has 0 saturated heterocycles. The molecule has 1 aliphatic carbocycles. The predicted octanol–water partition coefficient (Wildman–Crippen LogP) is 3.17. The Bertz CT molecular complexity index is 907. The third-order valence-corrected chi connectivity index (χ3v) is 5.05. The smallest absolute Gasteiger partial charge is 0.251 e. The third-order valence-electron chi connectivity index (χ3n) is 4.46. The lowest BCUT2D eigenvalue weighted by atomic mass is 9.87. The van der Waals surface area contributed by atoms with E-state index in [1.54, 1.807) is 25.1 Å². The standard InChI is InChI=1S/C19H22N2O3S/c1-13-12-15(10-11-17(13)21-25(2,23)24)19(22)20-18-9-5-7-14-6-3-4-8-16(14)18/h3-4,6,8,10-12,18,21H,5,7,9H2,1-2H3,(H,20,22)/t18-/m1/s1. The summed E-state index contributed by atoms with van der Waals surface area (Å²) in [4.78, 5) is 12.6. The van der Waals surface area contributed by atoms with Gasteiger partial charge in [-0.15, -0.1) is 0 Å². The maximum atomic E-state index is 12.6. The molecule has 3 rings (SSSR count). The zero-order valence-corrected chi connectivity index (χ0v) is 15.2. The number of fused-ring (bicyclic) bond motifs is 1. The van der Waals surface area contributed by atoms with Crippen molar-refractivity contribution in [3.8, 4) is 0 Å². The van der Waals surface area contributed by atoms with E-state index in [4.69, 9.17) is 0 Å². The summed E-state index contributed by atoms with van der Waals surface area (Å²) < 4.78 is 25.2. The van der Waals surface area contributed by atoms with Gasteiger partial charge in [0.25, 0.3) is 5.91 Å². The molecule has 0 radical (unpaired) electrons. The number of carbonyl (C=O) groups is 1. The van der Waals surface area contributed by atoms with Crippen LogP contribution in [0.25, 0.3) is 0 Å². The zero-order chi connectivity index (χ0) is 18.0. The Kier molecular flexibility index (Phi) is 4.81. The van der Waals surface area contributed by atoms with Crippen molar-refractivity contribution in [1.82, 2.24) is 5.32 Å². The monoisotopic (exact) mass is 358 g/mol. The molecule has 0 fully saturated rings. The number of carbonyl (C=O) groups excluding carboxylic acids is 1. The second kappa shape index (κ2) is 6.88. The van der Waals surface area contributed by atoms with E-state index in [2.05, 4.69) is 22.2 Å². The molecular formula is C19H22N2O3S. The van der Waals surface area contributed by atoms with E-state index in [-0.39, 0.29) is 11.9 Å². The molecule has 0 aromatic heterocycles. The van der Waals surface area contributed by atoms with Crippen molar-refractivity contribution in [2.45, 2.75) is 32.2 Å². The largest absolute Gasteiger partial charge is 0.345 e. The Balaban J connectivity index is 1.77. The first-order valence-corrected chi connectivity index (χ1v) is 10.2. The molecule has 0 bridgehead atoms. The van der Waals surface area contributed by atoms with Crippen LogP contribution in [0.5, 0.6) is 0 Å². The average Bonchev–Trinajstić information content (AvgIpc) is 2.56. The summed E-state index contributed by atoms with van der Waals surface area (Å²) in [6.07, 6.45) is 4.13. The maximum Gasteiger partial charge on any atom is 0.251 e. The number of amides is 1. The van der Waals surface area contributed by atoms with Gasteiger partial charge in [-0.1, -0.05) is 24.3 Å². The van der Waals surface area contributed by atoms with E-state index in [0.29, 0.717) is 16.8 Å². The summed E-state index contributed by atoms with van der Waals surface area (Å²) >= 11 is 0. The van der Waals surface area contributed by atoms with Crippen LogP contribution in [-0.4, -0.2) is 20.6 Å². The molecule has 2 aromatic carbocycles. The summed E-state index contributed by atoms with van der Waals surface area (Å²) in [6.45, 7) is 1.78. The summed E-state index contributed by atoms with van der Waals surface area (Å²) in [5, 5.41) is 3.11. The van der Waals surface area contributed by atoms with E-state index in [1.165, 1.54) is 11.1 Å². The number of anilines is 1. The van der Waals surface area contributed by atoms with Crippen molar-refractivity contribution in [3.63, 3.8) is 0 Å². The van der Waals surface area contributed by atoms with Gasteiger partial charge in [-0.2, -0.15) is 0 Å². The van der Waals surface area contributed by atoms with Gasteiger partial charge in [0.2, 0.25) is 10.0 Å². The van der Waals surface area contributed by atoms with Gasteiger partial charge < -0.3 is 5.32 Å². The van der Waals surface area contributed by atoms with Gasteiger partial charge in [0.15, 0.2) is 0 Å². The van der Waals surface area contributed by atoms with E-state index >= 15 is 0 Å². The van der Waals surface area contributed by atoms with Gasteiger partial charge in [0.05, 0.1) is 18.0 Å². The topological polar surface area (TPSA) is 75.3 Å². The van der Waals surface area contributed by atoms with E-state index in [9.17, 15) is 13.2 Å². The number of nitrogens with one attached hydrogen (secondary N) is 2. The highest BCUT2D eigenvalue weighted by atomic mass is 32.2. The van der Waals surface area contributed by atoms with Crippen LogP contribution < -0.4 is 10.0 Å². The lowest BCUT2D eigenvalue weighted by Crippen LogP contribution is -2.31. The molecule has 6 heteroatoms. The van der Waals surface area contributed by atoms with Gasteiger partial charge in [-0.3, -0.25) is 9.52 Å².